The van der Waals surface area contributed by atoms with Crippen molar-refractivity contribution in [2.75, 3.05) is 0 Å². The summed E-state index contributed by atoms with van der Waals surface area (Å²) in [6, 6.07) is 14.2. The Morgan fingerprint density at radius 2 is 1.88 bits per heavy atom. The fraction of sp³-hybridized carbons (Fsp3) is 0.111. The van der Waals surface area contributed by atoms with Gasteiger partial charge in [0.15, 0.2) is 11.0 Å². The Labute approximate surface area is 149 Å². The van der Waals surface area contributed by atoms with Crippen LogP contribution in [0.4, 0.5) is 4.39 Å². The van der Waals surface area contributed by atoms with Gasteiger partial charge in [0.1, 0.15) is 5.82 Å². The van der Waals surface area contributed by atoms with Crippen LogP contribution < -0.4 is 0 Å². The molecule has 0 bridgehead atoms. The second-order valence-electron chi connectivity index (χ2n) is 5.10. The maximum atomic E-state index is 14.1. The van der Waals surface area contributed by atoms with Crippen molar-refractivity contribution in [3.63, 3.8) is 0 Å². The van der Waals surface area contributed by atoms with Gasteiger partial charge in [0.05, 0.1) is 5.56 Å². The smallest absolute Gasteiger partial charge is 0.192 e. The zero-order valence-electron chi connectivity index (χ0n) is 12.8. The number of aromatic nitrogens is 3. The lowest BCUT2D eigenvalue weighted by Gasteiger charge is -2.08. The van der Waals surface area contributed by atoms with Crippen LogP contribution in [-0.4, -0.2) is 14.8 Å². The highest BCUT2D eigenvalue weighted by Crippen LogP contribution is 2.28. The summed E-state index contributed by atoms with van der Waals surface area (Å²) in [6.07, 6.45) is 1.75. The molecule has 0 N–H and O–H groups in total. The summed E-state index contributed by atoms with van der Waals surface area (Å²) in [7, 11) is 0. The van der Waals surface area contributed by atoms with E-state index in [1.807, 2.05) is 28.8 Å². The third-order valence-corrected chi connectivity index (χ3v) is 4.71. The van der Waals surface area contributed by atoms with E-state index in [2.05, 4.69) is 16.8 Å². The SMILES string of the molecule is C=CCn1c(SCc2ccc(Cl)cc2)nnc1-c1ccccc1F. The van der Waals surface area contributed by atoms with Gasteiger partial charge in [0.25, 0.3) is 0 Å². The van der Waals surface area contributed by atoms with Gasteiger partial charge in [-0.1, -0.05) is 53.7 Å². The van der Waals surface area contributed by atoms with E-state index in [9.17, 15) is 4.39 Å². The van der Waals surface area contributed by atoms with Gasteiger partial charge in [-0.25, -0.2) is 4.39 Å². The molecule has 0 saturated heterocycles. The minimum atomic E-state index is -0.315. The third kappa shape index (κ3) is 3.68. The van der Waals surface area contributed by atoms with E-state index in [0.717, 1.165) is 16.5 Å². The van der Waals surface area contributed by atoms with Crippen LogP contribution in [-0.2, 0) is 12.3 Å². The maximum Gasteiger partial charge on any atom is 0.192 e. The zero-order valence-corrected chi connectivity index (χ0v) is 14.4. The van der Waals surface area contributed by atoms with Crippen LogP contribution in [0.3, 0.4) is 0 Å². The van der Waals surface area contributed by atoms with Crippen LogP contribution in [0.2, 0.25) is 5.02 Å². The van der Waals surface area contributed by atoms with Crippen LogP contribution in [0.5, 0.6) is 0 Å². The number of hydrogen-bond donors (Lipinski definition) is 0. The van der Waals surface area contributed by atoms with Crippen LogP contribution >= 0.6 is 23.4 Å². The average molecular weight is 360 g/mol. The van der Waals surface area contributed by atoms with Crippen LogP contribution in [0.15, 0.2) is 66.3 Å². The predicted octanol–water partition coefficient (Wildman–Crippen LogP) is 5.22. The lowest BCUT2D eigenvalue weighted by molar-refractivity contribution is 0.626. The molecule has 0 aliphatic rings. The molecule has 0 aliphatic heterocycles. The van der Waals surface area contributed by atoms with Crippen molar-refractivity contribution in [2.45, 2.75) is 17.5 Å². The summed E-state index contributed by atoms with van der Waals surface area (Å²) < 4.78 is 15.9. The molecule has 1 heterocycles. The minimum absolute atomic E-state index is 0.315. The molecular weight excluding hydrogens is 345 g/mol. The highest BCUT2D eigenvalue weighted by Gasteiger charge is 2.16. The molecule has 0 atom stereocenters. The molecule has 0 fully saturated rings. The van der Waals surface area contributed by atoms with Gasteiger partial charge in [-0.15, -0.1) is 16.8 Å². The number of allylic oxidation sites excluding steroid dienone is 1. The molecule has 3 nitrogen and oxygen atoms in total. The fourth-order valence-electron chi connectivity index (χ4n) is 2.26. The molecule has 2 aromatic carbocycles. The van der Waals surface area contributed by atoms with Gasteiger partial charge in [-0.05, 0) is 29.8 Å². The molecule has 6 heteroatoms. The molecular formula is C18H15ClFN3S. The van der Waals surface area contributed by atoms with E-state index in [1.165, 1.54) is 6.07 Å². The second kappa shape index (κ2) is 7.64. The highest BCUT2D eigenvalue weighted by molar-refractivity contribution is 7.98. The Kier molecular flexibility index (Phi) is 5.33. The molecule has 1 aromatic heterocycles. The first-order chi connectivity index (χ1) is 11.7. The molecule has 0 spiro atoms. The van der Waals surface area contributed by atoms with Gasteiger partial charge in [-0.3, -0.25) is 4.57 Å². The summed E-state index contributed by atoms with van der Waals surface area (Å²) in [4.78, 5) is 0. The molecule has 3 aromatic rings. The first-order valence-electron chi connectivity index (χ1n) is 7.35. The molecule has 0 unspecified atom stereocenters. The Morgan fingerprint density at radius 3 is 2.58 bits per heavy atom. The second-order valence-corrected chi connectivity index (χ2v) is 6.48. The molecule has 24 heavy (non-hydrogen) atoms. The van der Waals surface area contributed by atoms with E-state index in [4.69, 9.17) is 11.6 Å². The summed E-state index contributed by atoms with van der Waals surface area (Å²) in [5.74, 6) is 0.917. The molecule has 0 saturated carbocycles. The van der Waals surface area contributed by atoms with Crippen molar-refractivity contribution in [3.8, 4) is 11.4 Å². The lowest BCUT2D eigenvalue weighted by atomic mass is 10.2. The van der Waals surface area contributed by atoms with E-state index in [1.54, 1.807) is 36.0 Å². The van der Waals surface area contributed by atoms with Gasteiger partial charge in [-0.2, -0.15) is 0 Å². The fourth-order valence-corrected chi connectivity index (χ4v) is 3.29. The maximum absolute atomic E-state index is 14.1. The van der Waals surface area contributed by atoms with Crippen molar-refractivity contribution < 1.29 is 4.39 Å². The van der Waals surface area contributed by atoms with E-state index >= 15 is 0 Å². The monoisotopic (exact) mass is 359 g/mol. The zero-order chi connectivity index (χ0) is 16.9. The first kappa shape index (κ1) is 16.7. The van der Waals surface area contributed by atoms with Crippen LogP contribution in [0.1, 0.15) is 5.56 Å². The Bertz CT molecular complexity index is 846. The van der Waals surface area contributed by atoms with Crippen LogP contribution in [0.25, 0.3) is 11.4 Å². The van der Waals surface area contributed by atoms with E-state index in [0.29, 0.717) is 23.0 Å². The number of rotatable bonds is 6. The number of nitrogens with zero attached hydrogens (tertiary/aromatic N) is 3. The van der Waals surface area contributed by atoms with E-state index < -0.39 is 0 Å². The normalized spacial score (nSPS) is 10.8. The number of thioether (sulfide) groups is 1. The van der Waals surface area contributed by atoms with Crippen molar-refractivity contribution in [1.29, 1.82) is 0 Å². The van der Waals surface area contributed by atoms with Crippen molar-refractivity contribution in [3.05, 3.63) is 77.6 Å². The Hall–Kier alpha value is -2.11. The van der Waals surface area contributed by atoms with Crippen molar-refractivity contribution in [2.24, 2.45) is 0 Å². The summed E-state index contributed by atoms with van der Waals surface area (Å²) in [5.41, 5.74) is 1.56. The highest BCUT2D eigenvalue weighted by atomic mass is 35.5. The van der Waals surface area contributed by atoms with Gasteiger partial charge >= 0.3 is 0 Å². The summed E-state index contributed by atoms with van der Waals surface area (Å²) in [6.45, 7) is 4.28. The molecule has 3 rings (SSSR count). The number of halogens is 2. The largest absolute Gasteiger partial charge is 0.298 e. The topological polar surface area (TPSA) is 30.7 Å². The first-order valence-corrected chi connectivity index (χ1v) is 8.71. The van der Waals surface area contributed by atoms with Gasteiger partial charge < -0.3 is 0 Å². The Balaban J connectivity index is 1.87. The Morgan fingerprint density at radius 1 is 1.12 bits per heavy atom. The summed E-state index contributed by atoms with van der Waals surface area (Å²) in [5, 5.41) is 9.83. The molecule has 0 aliphatic carbocycles. The van der Waals surface area contributed by atoms with Gasteiger partial charge in [0, 0.05) is 17.3 Å². The average Bonchev–Trinajstić information content (AvgIpc) is 2.98. The molecule has 0 radical (unpaired) electrons. The van der Waals surface area contributed by atoms with Gasteiger partial charge in [0.2, 0.25) is 0 Å². The summed E-state index contributed by atoms with van der Waals surface area (Å²) >= 11 is 7.44. The number of hydrogen-bond acceptors (Lipinski definition) is 3. The lowest BCUT2D eigenvalue weighted by Crippen LogP contribution is -2.01. The molecule has 122 valence electrons. The molecule has 0 amide bonds. The van der Waals surface area contributed by atoms with Crippen LogP contribution in [0, 0.1) is 5.82 Å². The minimum Gasteiger partial charge on any atom is -0.298 e. The third-order valence-electron chi connectivity index (χ3n) is 3.42. The van der Waals surface area contributed by atoms with Crippen molar-refractivity contribution in [1.82, 2.24) is 14.8 Å². The predicted molar refractivity (Wildman–Crippen MR) is 96.6 cm³/mol. The van der Waals surface area contributed by atoms with E-state index in [-0.39, 0.29) is 5.82 Å². The number of benzene rings is 2. The quantitative estimate of drug-likeness (QED) is 0.446. The standard InChI is InChI=1S/C18H15ClFN3S/c1-2-11-23-17(15-5-3-4-6-16(15)20)21-22-18(23)24-12-13-7-9-14(19)10-8-13/h2-10H,1,11-12H2. The van der Waals surface area contributed by atoms with Crippen molar-refractivity contribution >= 4 is 23.4 Å².